The van der Waals surface area contributed by atoms with Crippen molar-refractivity contribution < 1.29 is 0 Å². The van der Waals surface area contributed by atoms with Gasteiger partial charge in [0.1, 0.15) is 0 Å². The first-order valence-corrected chi connectivity index (χ1v) is 13.2. The van der Waals surface area contributed by atoms with E-state index in [4.69, 9.17) is 6.57 Å². The van der Waals surface area contributed by atoms with Crippen LogP contribution >= 0.6 is 11.3 Å². The highest BCUT2D eigenvalue weighted by atomic mass is 32.1. The van der Waals surface area contributed by atoms with Crippen LogP contribution < -0.4 is 0 Å². The lowest BCUT2D eigenvalue weighted by atomic mass is 9.88. The van der Waals surface area contributed by atoms with Crippen molar-refractivity contribution in [3.8, 4) is 11.1 Å². The Kier molecular flexibility index (Phi) is 4.23. The molecule has 0 aliphatic heterocycles. The van der Waals surface area contributed by atoms with Gasteiger partial charge < -0.3 is 0 Å². The highest BCUT2D eigenvalue weighted by Crippen LogP contribution is 2.46. The van der Waals surface area contributed by atoms with Crippen molar-refractivity contribution >= 4 is 80.3 Å². The number of rotatable bonds is 1. The Morgan fingerprint density at radius 1 is 0.486 bits per heavy atom. The monoisotopic (exact) mass is 485 g/mol. The van der Waals surface area contributed by atoms with Gasteiger partial charge in [0, 0.05) is 25.6 Å². The fourth-order valence-corrected chi connectivity index (χ4v) is 7.23. The van der Waals surface area contributed by atoms with E-state index in [1.807, 2.05) is 17.4 Å². The molecule has 7 aromatic carbocycles. The molecule has 0 N–H and O–H groups in total. The van der Waals surface area contributed by atoms with E-state index >= 15 is 0 Å². The van der Waals surface area contributed by atoms with Gasteiger partial charge in [-0.05, 0) is 73.1 Å². The van der Waals surface area contributed by atoms with E-state index in [1.54, 1.807) is 0 Å². The van der Waals surface area contributed by atoms with Gasteiger partial charge in [-0.15, -0.1) is 11.3 Å². The van der Waals surface area contributed by atoms with Crippen molar-refractivity contribution in [2.75, 3.05) is 0 Å². The summed E-state index contributed by atoms with van der Waals surface area (Å²) in [6.07, 6.45) is 0. The van der Waals surface area contributed by atoms with E-state index in [0.717, 1.165) is 10.8 Å². The molecule has 0 atom stereocenters. The van der Waals surface area contributed by atoms with Crippen LogP contribution in [0, 0.1) is 6.57 Å². The van der Waals surface area contributed by atoms with Crippen LogP contribution in [0.15, 0.2) is 115 Å². The molecular weight excluding hydrogens is 466 g/mol. The van der Waals surface area contributed by atoms with Crippen LogP contribution in [0.3, 0.4) is 0 Å². The van der Waals surface area contributed by atoms with Crippen molar-refractivity contribution in [1.82, 2.24) is 0 Å². The van der Waals surface area contributed by atoms with Crippen LogP contribution in [0.2, 0.25) is 0 Å². The minimum absolute atomic E-state index is 0.677. The normalized spacial score (nSPS) is 11.8. The first-order chi connectivity index (χ1) is 18.3. The van der Waals surface area contributed by atoms with Gasteiger partial charge in [0.15, 0.2) is 5.69 Å². The number of fused-ring (bicyclic) bond motifs is 10. The molecule has 0 aliphatic rings. The summed E-state index contributed by atoms with van der Waals surface area (Å²) in [5.41, 5.74) is 3.16. The predicted octanol–water partition coefficient (Wildman–Crippen LogP) is 10.9. The zero-order valence-corrected chi connectivity index (χ0v) is 20.6. The van der Waals surface area contributed by atoms with Crippen LogP contribution in [-0.4, -0.2) is 0 Å². The summed E-state index contributed by atoms with van der Waals surface area (Å²) in [6, 6.07) is 41.4. The summed E-state index contributed by atoms with van der Waals surface area (Å²) < 4.78 is 2.58. The lowest BCUT2D eigenvalue weighted by Crippen LogP contribution is -1.88. The summed E-state index contributed by atoms with van der Waals surface area (Å²) >= 11 is 1.85. The van der Waals surface area contributed by atoms with Crippen LogP contribution in [0.1, 0.15) is 0 Å². The van der Waals surface area contributed by atoms with Gasteiger partial charge in [-0.1, -0.05) is 91.0 Å². The number of thiophene rings is 1. The Balaban J connectivity index is 1.61. The zero-order valence-electron chi connectivity index (χ0n) is 19.8. The molecule has 0 aliphatic carbocycles. The SMILES string of the molecule is [C-]#[N+]c1ccc2cc(-c3cc4ccccc4c4ccccc34)c3ccc4c5ccccc5sc4c3c2c1. The number of hydrogen-bond donors (Lipinski definition) is 0. The van der Waals surface area contributed by atoms with Crippen molar-refractivity contribution in [1.29, 1.82) is 0 Å². The summed E-state index contributed by atoms with van der Waals surface area (Å²) in [7, 11) is 0. The fraction of sp³-hybridized carbons (Fsp3) is 0. The summed E-state index contributed by atoms with van der Waals surface area (Å²) in [4.78, 5) is 3.76. The van der Waals surface area contributed by atoms with Crippen molar-refractivity contribution in [3.05, 3.63) is 127 Å². The Bertz CT molecular complexity index is 2260. The minimum Gasteiger partial charge on any atom is -0.238 e. The average molecular weight is 486 g/mol. The van der Waals surface area contributed by atoms with E-state index < -0.39 is 0 Å². The predicted molar refractivity (Wildman–Crippen MR) is 161 cm³/mol. The molecule has 0 saturated carbocycles. The molecule has 1 nitrogen and oxygen atoms in total. The van der Waals surface area contributed by atoms with Crippen LogP contribution in [0.5, 0.6) is 0 Å². The lowest BCUT2D eigenvalue weighted by Gasteiger charge is -2.16. The summed E-state index contributed by atoms with van der Waals surface area (Å²) in [6.45, 7) is 7.65. The maximum absolute atomic E-state index is 7.65. The van der Waals surface area contributed by atoms with Crippen molar-refractivity contribution in [2.45, 2.75) is 0 Å². The topological polar surface area (TPSA) is 4.36 Å². The van der Waals surface area contributed by atoms with Crippen LogP contribution in [-0.2, 0) is 0 Å². The largest absolute Gasteiger partial charge is 0.238 e. The first kappa shape index (κ1) is 20.5. The molecule has 0 spiro atoms. The highest BCUT2D eigenvalue weighted by molar-refractivity contribution is 7.26. The first-order valence-electron chi connectivity index (χ1n) is 12.4. The van der Waals surface area contributed by atoms with E-state index in [2.05, 4.69) is 114 Å². The number of nitrogens with zero attached hydrogens (tertiary/aromatic N) is 1. The molecule has 0 amide bonds. The molecule has 0 saturated heterocycles. The molecule has 8 rings (SSSR count). The second-order valence-corrected chi connectivity index (χ2v) is 10.6. The minimum atomic E-state index is 0.677. The molecule has 2 heteroatoms. The third kappa shape index (κ3) is 2.90. The molecule has 1 aromatic heterocycles. The summed E-state index contributed by atoms with van der Waals surface area (Å²) in [5, 5.41) is 12.4. The molecule has 170 valence electrons. The Morgan fingerprint density at radius 2 is 1.14 bits per heavy atom. The molecule has 37 heavy (non-hydrogen) atoms. The van der Waals surface area contributed by atoms with E-state index in [0.29, 0.717) is 5.69 Å². The fourth-order valence-electron chi connectivity index (χ4n) is 5.97. The number of hydrogen-bond acceptors (Lipinski definition) is 1. The second kappa shape index (κ2) is 7.64. The third-order valence-corrected chi connectivity index (χ3v) is 8.83. The maximum atomic E-state index is 7.65. The van der Waals surface area contributed by atoms with E-state index in [1.165, 1.54) is 63.6 Å². The average Bonchev–Trinajstić information content (AvgIpc) is 3.35. The van der Waals surface area contributed by atoms with Gasteiger partial charge >= 0.3 is 0 Å². The van der Waals surface area contributed by atoms with Crippen LogP contribution in [0.25, 0.3) is 79.2 Å². The molecule has 0 fully saturated rings. The van der Waals surface area contributed by atoms with Gasteiger partial charge in [0.05, 0.1) is 6.57 Å². The highest BCUT2D eigenvalue weighted by Gasteiger charge is 2.17. The molecule has 0 radical (unpaired) electrons. The molecular formula is C35H19NS. The van der Waals surface area contributed by atoms with Crippen LogP contribution in [0.4, 0.5) is 5.69 Å². The Labute approximate surface area is 217 Å². The zero-order chi connectivity index (χ0) is 24.5. The standard InChI is InChI=1S/C35H19NS/c1-36-23-15-14-22-19-32(31-18-21-8-2-3-9-24(21)25-10-4-5-11-26(25)31)28-16-17-29-27-12-6-7-13-33(27)37-35(29)34(28)30(22)20-23/h2-20H. The maximum Gasteiger partial charge on any atom is 0.187 e. The van der Waals surface area contributed by atoms with Crippen molar-refractivity contribution in [2.24, 2.45) is 0 Å². The van der Waals surface area contributed by atoms with Gasteiger partial charge in [-0.2, -0.15) is 0 Å². The third-order valence-electron chi connectivity index (χ3n) is 7.63. The van der Waals surface area contributed by atoms with E-state index in [-0.39, 0.29) is 0 Å². The second-order valence-electron chi connectivity index (χ2n) is 9.60. The quantitative estimate of drug-likeness (QED) is 0.161. The smallest absolute Gasteiger partial charge is 0.187 e. The summed E-state index contributed by atoms with van der Waals surface area (Å²) in [5.74, 6) is 0. The van der Waals surface area contributed by atoms with E-state index in [9.17, 15) is 0 Å². The van der Waals surface area contributed by atoms with Crippen molar-refractivity contribution in [3.63, 3.8) is 0 Å². The van der Waals surface area contributed by atoms with Gasteiger partial charge in [-0.3, -0.25) is 0 Å². The van der Waals surface area contributed by atoms with Gasteiger partial charge in [0.2, 0.25) is 0 Å². The lowest BCUT2D eigenvalue weighted by molar-refractivity contribution is 1.73. The Hall–Kier alpha value is -4.71. The molecule has 0 unspecified atom stereocenters. The molecule has 1 heterocycles. The number of benzene rings is 7. The molecule has 0 bridgehead atoms. The Morgan fingerprint density at radius 3 is 1.97 bits per heavy atom. The van der Waals surface area contributed by atoms with Gasteiger partial charge in [0.25, 0.3) is 0 Å². The van der Waals surface area contributed by atoms with Gasteiger partial charge in [-0.25, -0.2) is 4.85 Å². The molecule has 8 aromatic rings.